The topological polar surface area (TPSA) is 61.4 Å². The first-order valence-corrected chi connectivity index (χ1v) is 6.74. The van der Waals surface area contributed by atoms with E-state index >= 15 is 0 Å². The molecule has 2 heterocycles. The second kappa shape index (κ2) is 6.47. The molecule has 1 saturated heterocycles. The van der Waals surface area contributed by atoms with Gasteiger partial charge in [-0.25, -0.2) is 9.97 Å². The minimum absolute atomic E-state index is 0.105. The van der Waals surface area contributed by atoms with E-state index in [2.05, 4.69) is 32.1 Å². The fourth-order valence-corrected chi connectivity index (χ4v) is 1.95. The molecule has 1 fully saturated rings. The average Bonchev–Trinajstić information content (AvgIpc) is 2.46. The minimum Gasteiger partial charge on any atom is -0.352 e. The molecule has 0 saturated carbocycles. The maximum Gasteiger partial charge on any atom is 0.254 e. The van der Waals surface area contributed by atoms with Crippen molar-refractivity contribution >= 4 is 11.9 Å². The summed E-state index contributed by atoms with van der Waals surface area (Å²) in [5.74, 6) is 0.604. The molecule has 0 spiro atoms. The number of hydrogen-bond acceptors (Lipinski definition) is 5. The fourth-order valence-electron chi connectivity index (χ4n) is 1.95. The number of carbonyl (C=O) groups excluding carboxylic acids is 1. The highest BCUT2D eigenvalue weighted by Crippen LogP contribution is 2.09. The molecule has 0 bridgehead atoms. The Balaban J connectivity index is 1.96. The van der Waals surface area contributed by atoms with Crippen LogP contribution in [0, 0.1) is 0 Å². The van der Waals surface area contributed by atoms with Gasteiger partial charge in [-0.15, -0.1) is 0 Å². The molecule has 1 aromatic rings. The predicted octanol–water partition coefficient (Wildman–Crippen LogP) is 0.368. The second-order valence-electron chi connectivity index (χ2n) is 4.82. The van der Waals surface area contributed by atoms with Crippen LogP contribution < -0.4 is 10.2 Å². The summed E-state index contributed by atoms with van der Waals surface area (Å²) < 4.78 is 0. The van der Waals surface area contributed by atoms with Gasteiger partial charge in [0.2, 0.25) is 5.95 Å². The van der Waals surface area contributed by atoms with Crippen LogP contribution in [0.1, 0.15) is 23.7 Å². The number of likely N-dealkylation sites (N-methyl/N-ethyl adjacent to an activating group) is 1. The van der Waals surface area contributed by atoms with Crippen molar-refractivity contribution in [2.75, 3.05) is 44.7 Å². The summed E-state index contributed by atoms with van der Waals surface area (Å²) in [6.45, 7) is 6.59. The summed E-state index contributed by atoms with van der Waals surface area (Å²) in [6, 6.07) is 0. The van der Waals surface area contributed by atoms with Crippen LogP contribution in [0.4, 0.5) is 5.95 Å². The monoisotopic (exact) mass is 263 g/mol. The average molecular weight is 263 g/mol. The van der Waals surface area contributed by atoms with Gasteiger partial charge in [0.1, 0.15) is 0 Å². The summed E-state index contributed by atoms with van der Waals surface area (Å²) in [6.07, 6.45) is 4.13. The highest BCUT2D eigenvalue weighted by molar-refractivity contribution is 5.93. The maximum absolute atomic E-state index is 11.7. The maximum atomic E-state index is 11.7. The first kappa shape index (κ1) is 13.7. The van der Waals surface area contributed by atoms with Crippen molar-refractivity contribution in [3.63, 3.8) is 0 Å². The zero-order chi connectivity index (χ0) is 13.7. The standard InChI is InChI=1S/C13H21N5O/c1-3-4-14-12(19)11-9-15-13(16-10-11)18-7-5-17(2)6-8-18/h9-10H,3-8H2,1-2H3,(H,14,19). The highest BCUT2D eigenvalue weighted by atomic mass is 16.1. The molecular formula is C13H21N5O. The quantitative estimate of drug-likeness (QED) is 0.850. The van der Waals surface area contributed by atoms with Crippen molar-refractivity contribution in [2.45, 2.75) is 13.3 Å². The molecule has 1 aliphatic rings. The Morgan fingerprint density at radius 1 is 1.26 bits per heavy atom. The highest BCUT2D eigenvalue weighted by Gasteiger charge is 2.16. The Morgan fingerprint density at radius 3 is 2.47 bits per heavy atom. The van der Waals surface area contributed by atoms with E-state index in [0.717, 1.165) is 32.6 Å². The summed E-state index contributed by atoms with van der Waals surface area (Å²) in [7, 11) is 2.11. The van der Waals surface area contributed by atoms with Gasteiger partial charge in [0.25, 0.3) is 5.91 Å². The number of aromatic nitrogens is 2. The molecule has 1 aromatic heterocycles. The molecule has 1 aliphatic heterocycles. The number of rotatable bonds is 4. The van der Waals surface area contributed by atoms with Crippen LogP contribution in [0.5, 0.6) is 0 Å². The van der Waals surface area contributed by atoms with Gasteiger partial charge in [0.15, 0.2) is 0 Å². The lowest BCUT2D eigenvalue weighted by Gasteiger charge is -2.32. The van der Waals surface area contributed by atoms with Crippen LogP contribution >= 0.6 is 0 Å². The van der Waals surface area contributed by atoms with Crippen molar-refractivity contribution in [3.05, 3.63) is 18.0 Å². The van der Waals surface area contributed by atoms with Crippen molar-refractivity contribution in [1.29, 1.82) is 0 Å². The van der Waals surface area contributed by atoms with Gasteiger partial charge in [-0.3, -0.25) is 4.79 Å². The molecule has 6 heteroatoms. The molecule has 0 radical (unpaired) electrons. The lowest BCUT2D eigenvalue weighted by atomic mass is 10.3. The molecule has 1 N–H and O–H groups in total. The number of piperazine rings is 1. The Morgan fingerprint density at radius 2 is 1.89 bits per heavy atom. The number of hydrogen-bond donors (Lipinski definition) is 1. The molecular weight excluding hydrogens is 242 g/mol. The zero-order valence-electron chi connectivity index (χ0n) is 11.6. The van der Waals surface area contributed by atoms with Gasteiger partial charge in [0, 0.05) is 45.1 Å². The third kappa shape index (κ3) is 3.64. The molecule has 2 rings (SSSR count). The fraction of sp³-hybridized carbons (Fsp3) is 0.615. The lowest BCUT2D eigenvalue weighted by molar-refractivity contribution is 0.0953. The molecule has 0 aliphatic carbocycles. The Hall–Kier alpha value is -1.69. The SMILES string of the molecule is CCCNC(=O)c1cnc(N2CCN(C)CC2)nc1. The van der Waals surface area contributed by atoms with Gasteiger partial charge >= 0.3 is 0 Å². The van der Waals surface area contributed by atoms with Crippen LogP contribution in [-0.2, 0) is 0 Å². The van der Waals surface area contributed by atoms with Crippen LogP contribution in [-0.4, -0.2) is 60.5 Å². The number of nitrogens with zero attached hydrogens (tertiary/aromatic N) is 4. The van der Waals surface area contributed by atoms with E-state index in [9.17, 15) is 4.79 Å². The van der Waals surface area contributed by atoms with Gasteiger partial charge in [-0.2, -0.15) is 0 Å². The molecule has 0 unspecified atom stereocenters. The normalized spacial score (nSPS) is 16.4. The summed E-state index contributed by atoms with van der Waals surface area (Å²) in [5, 5.41) is 2.81. The smallest absolute Gasteiger partial charge is 0.254 e. The molecule has 0 aromatic carbocycles. The molecule has 104 valence electrons. The first-order valence-electron chi connectivity index (χ1n) is 6.74. The predicted molar refractivity (Wildman–Crippen MR) is 74.4 cm³/mol. The number of carbonyl (C=O) groups is 1. The molecule has 19 heavy (non-hydrogen) atoms. The minimum atomic E-state index is -0.105. The Kier molecular flexibility index (Phi) is 4.68. The number of nitrogens with one attached hydrogen (secondary N) is 1. The lowest BCUT2D eigenvalue weighted by Crippen LogP contribution is -2.45. The largest absolute Gasteiger partial charge is 0.352 e. The van der Waals surface area contributed by atoms with Crippen molar-refractivity contribution in [3.8, 4) is 0 Å². The number of anilines is 1. The number of amides is 1. The van der Waals surface area contributed by atoms with Crippen LogP contribution in [0.3, 0.4) is 0 Å². The van der Waals surface area contributed by atoms with Crippen LogP contribution in [0.25, 0.3) is 0 Å². The van der Waals surface area contributed by atoms with Gasteiger partial charge in [0.05, 0.1) is 5.56 Å². The first-order chi connectivity index (χ1) is 9.20. The van der Waals surface area contributed by atoms with E-state index in [-0.39, 0.29) is 5.91 Å². The molecule has 1 amide bonds. The van der Waals surface area contributed by atoms with Crippen molar-refractivity contribution in [2.24, 2.45) is 0 Å². The Labute approximate surface area is 113 Å². The second-order valence-corrected chi connectivity index (χ2v) is 4.82. The molecule has 0 atom stereocenters. The third-order valence-electron chi connectivity index (χ3n) is 3.22. The van der Waals surface area contributed by atoms with E-state index in [1.54, 1.807) is 12.4 Å². The van der Waals surface area contributed by atoms with Gasteiger partial charge < -0.3 is 15.1 Å². The van der Waals surface area contributed by atoms with Gasteiger partial charge in [-0.05, 0) is 13.5 Å². The van der Waals surface area contributed by atoms with Crippen molar-refractivity contribution in [1.82, 2.24) is 20.2 Å². The van der Waals surface area contributed by atoms with E-state index in [0.29, 0.717) is 18.1 Å². The molecule has 6 nitrogen and oxygen atoms in total. The summed E-state index contributed by atoms with van der Waals surface area (Å²) >= 11 is 0. The summed E-state index contributed by atoms with van der Waals surface area (Å²) in [4.78, 5) is 24.7. The zero-order valence-corrected chi connectivity index (χ0v) is 11.6. The summed E-state index contributed by atoms with van der Waals surface area (Å²) in [5.41, 5.74) is 0.520. The third-order valence-corrected chi connectivity index (χ3v) is 3.22. The van der Waals surface area contributed by atoms with E-state index in [4.69, 9.17) is 0 Å². The van der Waals surface area contributed by atoms with E-state index in [1.165, 1.54) is 0 Å². The van der Waals surface area contributed by atoms with Crippen LogP contribution in [0.15, 0.2) is 12.4 Å². The van der Waals surface area contributed by atoms with Crippen molar-refractivity contribution < 1.29 is 4.79 Å². The van der Waals surface area contributed by atoms with Gasteiger partial charge in [-0.1, -0.05) is 6.92 Å². The van der Waals surface area contributed by atoms with Crippen LogP contribution in [0.2, 0.25) is 0 Å². The Bertz CT molecular complexity index is 412. The van der Waals surface area contributed by atoms with E-state index < -0.39 is 0 Å². The van der Waals surface area contributed by atoms with E-state index in [1.807, 2.05) is 6.92 Å².